The van der Waals surface area contributed by atoms with Crippen molar-refractivity contribution in [3.63, 3.8) is 0 Å². The number of ether oxygens (including phenoxy) is 1. The number of nitrogens with one attached hydrogen (secondary N) is 1. The van der Waals surface area contributed by atoms with Gasteiger partial charge in [-0.1, -0.05) is 11.8 Å². The highest BCUT2D eigenvalue weighted by Gasteiger charge is 2.07. The number of carboxylic acid groups (broad SMARTS) is 1. The van der Waals surface area contributed by atoms with Crippen LogP contribution in [0.5, 0.6) is 5.75 Å². The lowest BCUT2D eigenvalue weighted by atomic mass is 10.2. The average molecular weight is 309 g/mol. The molecule has 7 nitrogen and oxygen atoms in total. The van der Waals surface area contributed by atoms with Crippen molar-refractivity contribution in [2.24, 2.45) is 0 Å². The van der Waals surface area contributed by atoms with Gasteiger partial charge in [-0.15, -0.1) is 5.10 Å². The summed E-state index contributed by atoms with van der Waals surface area (Å²) < 4.78 is 7.05. The second-order valence-corrected chi connectivity index (χ2v) is 5.14. The molecule has 0 saturated heterocycles. The maximum atomic E-state index is 11.4. The summed E-state index contributed by atoms with van der Waals surface area (Å²) in [7, 11) is 0. The molecule has 0 saturated carbocycles. The second kappa shape index (κ2) is 6.98. The van der Waals surface area contributed by atoms with Gasteiger partial charge < -0.3 is 9.84 Å². The number of rotatable bonds is 7. The number of aromatic amines is 1. The van der Waals surface area contributed by atoms with Gasteiger partial charge in [-0.3, -0.25) is 4.57 Å². The highest BCUT2D eigenvalue weighted by molar-refractivity contribution is 7.99. The molecule has 0 spiro atoms. The quantitative estimate of drug-likeness (QED) is 0.593. The molecule has 2 aromatic rings. The fraction of sp³-hybridized carbons (Fsp3) is 0.308. The summed E-state index contributed by atoms with van der Waals surface area (Å²) in [6, 6.07) is 6.22. The summed E-state index contributed by atoms with van der Waals surface area (Å²) in [6.07, 6.45) is 0. The maximum Gasteiger partial charge on any atom is 0.343 e. The molecule has 1 aromatic carbocycles. The second-order valence-electron chi connectivity index (χ2n) is 4.08. The van der Waals surface area contributed by atoms with Crippen molar-refractivity contribution in [1.82, 2.24) is 14.8 Å². The maximum absolute atomic E-state index is 11.4. The average Bonchev–Trinajstić information content (AvgIpc) is 2.84. The number of aromatic nitrogens is 3. The number of thioether (sulfide) groups is 1. The van der Waals surface area contributed by atoms with E-state index in [4.69, 9.17) is 9.84 Å². The Balaban J connectivity index is 1.81. The summed E-state index contributed by atoms with van der Waals surface area (Å²) in [5, 5.41) is 15.8. The molecule has 2 rings (SSSR count). The molecule has 0 aliphatic rings. The molecule has 0 aliphatic carbocycles. The lowest BCUT2D eigenvalue weighted by Crippen LogP contribution is -2.16. The van der Waals surface area contributed by atoms with Gasteiger partial charge in [0.15, 0.2) is 5.16 Å². The summed E-state index contributed by atoms with van der Waals surface area (Å²) in [5.74, 6) is 0.272. The lowest BCUT2D eigenvalue weighted by molar-refractivity contribution is 0.0697. The van der Waals surface area contributed by atoms with Crippen LogP contribution in [0.25, 0.3) is 0 Å². The zero-order valence-electron chi connectivity index (χ0n) is 11.4. The minimum Gasteiger partial charge on any atom is -0.493 e. The summed E-state index contributed by atoms with van der Waals surface area (Å²) in [5.41, 5.74) is 0.00499. The van der Waals surface area contributed by atoms with Gasteiger partial charge in [0.25, 0.3) is 0 Å². The number of aromatic carboxylic acids is 1. The lowest BCUT2D eigenvalue weighted by Gasteiger charge is -2.06. The molecule has 112 valence electrons. The van der Waals surface area contributed by atoms with Gasteiger partial charge in [0.2, 0.25) is 0 Å². The van der Waals surface area contributed by atoms with Gasteiger partial charge in [-0.2, -0.15) is 0 Å². The van der Waals surface area contributed by atoms with Crippen LogP contribution in [0.2, 0.25) is 0 Å². The normalized spacial score (nSPS) is 10.5. The van der Waals surface area contributed by atoms with Gasteiger partial charge in [0.05, 0.1) is 12.2 Å². The van der Waals surface area contributed by atoms with Crippen LogP contribution < -0.4 is 10.4 Å². The first-order valence-electron chi connectivity index (χ1n) is 6.36. The Morgan fingerprint density at radius 2 is 2.14 bits per heavy atom. The molecule has 0 amide bonds. The van der Waals surface area contributed by atoms with E-state index in [1.165, 1.54) is 23.9 Å². The van der Waals surface area contributed by atoms with E-state index in [-0.39, 0.29) is 11.3 Å². The van der Waals surface area contributed by atoms with Crippen molar-refractivity contribution >= 4 is 17.7 Å². The van der Waals surface area contributed by atoms with E-state index in [2.05, 4.69) is 10.2 Å². The third-order valence-corrected chi connectivity index (χ3v) is 3.66. The van der Waals surface area contributed by atoms with Gasteiger partial charge in [0.1, 0.15) is 5.75 Å². The Morgan fingerprint density at radius 1 is 1.43 bits per heavy atom. The van der Waals surface area contributed by atoms with E-state index in [1.807, 2.05) is 6.92 Å². The Morgan fingerprint density at radius 3 is 2.76 bits per heavy atom. The number of H-pyrrole nitrogens is 1. The van der Waals surface area contributed by atoms with E-state index < -0.39 is 5.97 Å². The molecular formula is C13H15N3O4S. The van der Waals surface area contributed by atoms with E-state index in [1.54, 1.807) is 16.7 Å². The standard InChI is InChI=1S/C13H15N3O4S/c1-2-16-12(19)14-15-13(16)21-8-7-20-10-5-3-9(4-6-10)11(17)18/h3-6H,2,7-8H2,1H3,(H,14,19)(H,17,18). The van der Waals surface area contributed by atoms with E-state index in [0.29, 0.717) is 29.8 Å². The van der Waals surface area contributed by atoms with Crippen molar-refractivity contribution in [3.05, 3.63) is 40.3 Å². The van der Waals surface area contributed by atoms with E-state index in [0.717, 1.165) is 0 Å². The van der Waals surface area contributed by atoms with Crippen LogP contribution in [0.15, 0.2) is 34.2 Å². The van der Waals surface area contributed by atoms with Crippen molar-refractivity contribution in [3.8, 4) is 5.75 Å². The summed E-state index contributed by atoms with van der Waals surface area (Å²) >= 11 is 1.42. The molecule has 8 heteroatoms. The fourth-order valence-electron chi connectivity index (χ4n) is 1.68. The van der Waals surface area contributed by atoms with Gasteiger partial charge in [0, 0.05) is 12.3 Å². The highest BCUT2D eigenvalue weighted by Crippen LogP contribution is 2.15. The van der Waals surface area contributed by atoms with E-state index in [9.17, 15) is 9.59 Å². The molecule has 21 heavy (non-hydrogen) atoms. The van der Waals surface area contributed by atoms with Crippen LogP contribution in [0.3, 0.4) is 0 Å². The smallest absolute Gasteiger partial charge is 0.343 e. The third kappa shape index (κ3) is 3.88. The van der Waals surface area contributed by atoms with Gasteiger partial charge in [-0.25, -0.2) is 14.7 Å². The zero-order valence-corrected chi connectivity index (χ0v) is 12.2. The first kappa shape index (κ1) is 15.2. The predicted octanol–water partition coefficient (Wildman–Crippen LogP) is 1.46. The molecule has 1 heterocycles. The number of carboxylic acids is 1. The number of carbonyl (C=O) groups is 1. The fourth-order valence-corrected chi connectivity index (χ4v) is 2.51. The minimum atomic E-state index is -0.965. The predicted molar refractivity (Wildman–Crippen MR) is 78.1 cm³/mol. The topological polar surface area (TPSA) is 97.2 Å². The highest BCUT2D eigenvalue weighted by atomic mass is 32.2. The first-order valence-corrected chi connectivity index (χ1v) is 7.34. The largest absolute Gasteiger partial charge is 0.493 e. The number of hydrogen-bond acceptors (Lipinski definition) is 5. The van der Waals surface area contributed by atoms with Crippen molar-refractivity contribution < 1.29 is 14.6 Å². The van der Waals surface area contributed by atoms with Crippen LogP contribution in [-0.2, 0) is 6.54 Å². The third-order valence-electron chi connectivity index (χ3n) is 2.72. The number of hydrogen-bond donors (Lipinski definition) is 2. The molecule has 0 atom stereocenters. The van der Waals surface area contributed by atoms with E-state index >= 15 is 0 Å². The van der Waals surface area contributed by atoms with Gasteiger partial charge in [-0.05, 0) is 31.2 Å². The van der Waals surface area contributed by atoms with Crippen LogP contribution >= 0.6 is 11.8 Å². The molecule has 1 aromatic heterocycles. The minimum absolute atomic E-state index is 0.217. The van der Waals surface area contributed by atoms with Gasteiger partial charge >= 0.3 is 11.7 Å². The molecule has 0 aliphatic heterocycles. The van der Waals surface area contributed by atoms with Crippen molar-refractivity contribution in [1.29, 1.82) is 0 Å². The number of nitrogens with zero attached hydrogens (tertiary/aromatic N) is 2. The zero-order chi connectivity index (χ0) is 15.2. The first-order chi connectivity index (χ1) is 10.1. The Hall–Kier alpha value is -2.22. The molecule has 0 radical (unpaired) electrons. The van der Waals surface area contributed by atoms with Crippen LogP contribution in [0.4, 0.5) is 0 Å². The molecule has 0 fully saturated rings. The molecular weight excluding hydrogens is 294 g/mol. The molecule has 0 unspecified atom stereocenters. The summed E-state index contributed by atoms with van der Waals surface area (Å²) in [4.78, 5) is 22.1. The Bertz CT molecular complexity index is 663. The molecule has 0 bridgehead atoms. The van der Waals surface area contributed by atoms with Crippen LogP contribution in [0, 0.1) is 0 Å². The monoisotopic (exact) mass is 309 g/mol. The van der Waals surface area contributed by atoms with Crippen LogP contribution in [-0.4, -0.2) is 38.2 Å². The summed E-state index contributed by atoms with van der Waals surface area (Å²) in [6.45, 7) is 2.87. The van der Waals surface area contributed by atoms with Crippen LogP contribution in [0.1, 0.15) is 17.3 Å². The van der Waals surface area contributed by atoms with Crippen molar-refractivity contribution in [2.75, 3.05) is 12.4 Å². The SMILES string of the molecule is CCn1c(SCCOc2ccc(C(=O)O)cc2)n[nH]c1=O. The molecule has 2 N–H and O–H groups in total. The van der Waals surface area contributed by atoms with Crippen molar-refractivity contribution in [2.45, 2.75) is 18.6 Å². The Kier molecular flexibility index (Phi) is 5.04. The Labute approximate surface area is 124 Å². The number of benzene rings is 1.